The van der Waals surface area contributed by atoms with Gasteiger partial charge in [0.1, 0.15) is 5.75 Å². The minimum atomic E-state index is 0.369. The van der Waals surface area contributed by atoms with E-state index in [-0.39, 0.29) is 0 Å². The number of rotatable bonds is 3. The summed E-state index contributed by atoms with van der Waals surface area (Å²) >= 11 is 0. The Bertz CT molecular complexity index is 521. The Morgan fingerprint density at radius 2 is 1.76 bits per heavy atom. The van der Waals surface area contributed by atoms with Gasteiger partial charge in [0.2, 0.25) is 0 Å². The van der Waals surface area contributed by atoms with E-state index in [0.717, 1.165) is 35.6 Å². The van der Waals surface area contributed by atoms with Gasteiger partial charge >= 0.3 is 0 Å². The topological polar surface area (TPSA) is 26.3 Å². The summed E-state index contributed by atoms with van der Waals surface area (Å²) in [6.45, 7) is 0. The summed E-state index contributed by atoms with van der Waals surface area (Å²) in [5, 5.41) is 0. The van der Waals surface area contributed by atoms with Crippen LogP contribution >= 0.6 is 0 Å². The van der Waals surface area contributed by atoms with Gasteiger partial charge in [-0.15, -0.1) is 0 Å². The molecule has 2 fully saturated rings. The smallest absolute Gasteiger partial charge is 0.159 e. The van der Waals surface area contributed by atoms with Gasteiger partial charge in [0, 0.05) is 6.42 Å². The molecule has 2 aliphatic rings. The number of benzene rings is 1. The lowest BCUT2D eigenvalue weighted by Crippen LogP contribution is -2.24. The van der Waals surface area contributed by atoms with Crippen LogP contribution in [0.4, 0.5) is 0 Å². The van der Waals surface area contributed by atoms with Crippen LogP contribution in [0.25, 0.3) is 6.08 Å². The largest absolute Gasteiger partial charge is 0.497 e. The molecule has 0 radical (unpaired) electrons. The molecule has 2 nitrogen and oxygen atoms in total. The van der Waals surface area contributed by atoms with Crippen LogP contribution in [0.1, 0.15) is 50.5 Å². The van der Waals surface area contributed by atoms with Crippen LogP contribution < -0.4 is 4.74 Å². The van der Waals surface area contributed by atoms with Crippen molar-refractivity contribution in [1.82, 2.24) is 0 Å². The van der Waals surface area contributed by atoms with Crippen LogP contribution in [0.5, 0.6) is 5.75 Å². The zero-order chi connectivity index (χ0) is 14.7. The number of carbonyl (C=O) groups is 1. The van der Waals surface area contributed by atoms with E-state index in [0.29, 0.717) is 11.7 Å². The van der Waals surface area contributed by atoms with Crippen molar-refractivity contribution >= 4 is 11.9 Å². The van der Waals surface area contributed by atoms with Crippen LogP contribution in [0.15, 0.2) is 29.8 Å². The molecule has 2 aliphatic carbocycles. The molecular formula is C19H24O2. The van der Waals surface area contributed by atoms with Gasteiger partial charge in [-0.3, -0.25) is 4.79 Å². The average molecular weight is 284 g/mol. The van der Waals surface area contributed by atoms with Gasteiger partial charge in [-0.25, -0.2) is 0 Å². The molecular weight excluding hydrogens is 260 g/mol. The third kappa shape index (κ3) is 3.20. The molecule has 112 valence electrons. The lowest BCUT2D eigenvalue weighted by molar-refractivity contribution is -0.117. The quantitative estimate of drug-likeness (QED) is 0.756. The number of carbonyl (C=O) groups excluding carboxylic acids is 1. The Kier molecular flexibility index (Phi) is 4.42. The van der Waals surface area contributed by atoms with E-state index >= 15 is 0 Å². The fourth-order valence-corrected chi connectivity index (χ4v) is 3.91. The molecule has 0 aliphatic heterocycles. The van der Waals surface area contributed by atoms with Crippen LogP contribution in [-0.4, -0.2) is 12.9 Å². The van der Waals surface area contributed by atoms with E-state index in [1.165, 1.54) is 32.1 Å². The van der Waals surface area contributed by atoms with E-state index < -0.39 is 0 Å². The van der Waals surface area contributed by atoms with Gasteiger partial charge in [-0.05, 0) is 66.9 Å². The number of hydrogen-bond donors (Lipinski definition) is 0. The van der Waals surface area contributed by atoms with Gasteiger partial charge in [-0.1, -0.05) is 25.0 Å². The first-order valence-electron chi connectivity index (χ1n) is 8.17. The minimum Gasteiger partial charge on any atom is -0.497 e. The molecule has 1 unspecified atom stereocenters. The molecule has 0 amide bonds. The first-order valence-corrected chi connectivity index (χ1v) is 8.17. The predicted octanol–water partition coefficient (Wildman–Crippen LogP) is 4.64. The Labute approximate surface area is 127 Å². The maximum absolute atomic E-state index is 12.4. The highest BCUT2D eigenvalue weighted by Crippen LogP contribution is 2.41. The summed E-state index contributed by atoms with van der Waals surface area (Å²) in [5.41, 5.74) is 2.20. The zero-order valence-electron chi connectivity index (χ0n) is 12.8. The first-order chi connectivity index (χ1) is 10.3. The highest BCUT2D eigenvalue weighted by Gasteiger charge is 2.33. The Morgan fingerprint density at radius 3 is 2.43 bits per heavy atom. The van der Waals surface area contributed by atoms with E-state index in [1.807, 2.05) is 24.3 Å². The minimum absolute atomic E-state index is 0.369. The lowest BCUT2D eigenvalue weighted by Gasteiger charge is -2.29. The zero-order valence-corrected chi connectivity index (χ0v) is 12.8. The Morgan fingerprint density at radius 1 is 1.05 bits per heavy atom. The fraction of sp³-hybridized carbons (Fsp3) is 0.526. The normalized spacial score (nSPS) is 25.5. The molecule has 1 aromatic carbocycles. The number of Topliss-reactive ketones (excluding diaryl/α,β-unsaturated/α-hetero) is 1. The second kappa shape index (κ2) is 6.46. The summed E-state index contributed by atoms with van der Waals surface area (Å²) in [5.74, 6) is 2.46. The molecule has 0 bridgehead atoms. The number of methoxy groups -OCH3 is 1. The maximum atomic E-state index is 12.4. The fourth-order valence-electron chi connectivity index (χ4n) is 3.91. The third-order valence-corrected chi connectivity index (χ3v) is 5.05. The van der Waals surface area contributed by atoms with E-state index in [4.69, 9.17) is 4.74 Å². The molecule has 21 heavy (non-hydrogen) atoms. The van der Waals surface area contributed by atoms with Crippen molar-refractivity contribution in [2.24, 2.45) is 11.8 Å². The third-order valence-electron chi connectivity index (χ3n) is 5.05. The Hall–Kier alpha value is -1.57. The van der Waals surface area contributed by atoms with Crippen LogP contribution in [0, 0.1) is 11.8 Å². The molecule has 0 spiro atoms. The van der Waals surface area contributed by atoms with Gasteiger partial charge in [-0.2, -0.15) is 0 Å². The van der Waals surface area contributed by atoms with Crippen molar-refractivity contribution < 1.29 is 9.53 Å². The molecule has 1 aromatic rings. The van der Waals surface area contributed by atoms with Crippen LogP contribution in [0.2, 0.25) is 0 Å². The van der Waals surface area contributed by atoms with Crippen molar-refractivity contribution in [3.8, 4) is 5.75 Å². The second-order valence-electron chi connectivity index (χ2n) is 6.34. The van der Waals surface area contributed by atoms with Crippen molar-refractivity contribution in [1.29, 1.82) is 0 Å². The van der Waals surface area contributed by atoms with Crippen molar-refractivity contribution in [3.05, 3.63) is 35.4 Å². The van der Waals surface area contributed by atoms with E-state index in [9.17, 15) is 4.79 Å². The first kappa shape index (κ1) is 14.4. The number of ketones is 1. The molecule has 0 aromatic heterocycles. The van der Waals surface area contributed by atoms with Crippen molar-refractivity contribution in [3.63, 3.8) is 0 Å². The summed E-state index contributed by atoms with van der Waals surface area (Å²) in [6.07, 6.45) is 10.4. The molecule has 1 atom stereocenters. The van der Waals surface area contributed by atoms with Gasteiger partial charge in [0.15, 0.2) is 5.78 Å². The average Bonchev–Trinajstić information content (AvgIpc) is 3.04. The Balaban J connectivity index is 1.86. The second-order valence-corrected chi connectivity index (χ2v) is 6.34. The summed E-state index contributed by atoms with van der Waals surface area (Å²) < 4.78 is 5.20. The van der Waals surface area contributed by atoms with Gasteiger partial charge in [0.05, 0.1) is 7.11 Å². The summed E-state index contributed by atoms with van der Waals surface area (Å²) in [4.78, 5) is 12.4. The van der Waals surface area contributed by atoms with Crippen molar-refractivity contribution in [2.45, 2.75) is 44.9 Å². The van der Waals surface area contributed by atoms with E-state index in [2.05, 4.69) is 6.08 Å². The van der Waals surface area contributed by atoms with Crippen LogP contribution in [0.3, 0.4) is 0 Å². The standard InChI is InChI=1S/C19H24O2/c1-21-16-11-9-14(10-12-16)13-18-17(7-4-8-19(18)20)15-5-2-3-6-15/h9-13,15,17H,2-8H2,1H3. The predicted molar refractivity (Wildman–Crippen MR) is 85.3 cm³/mol. The summed E-state index contributed by atoms with van der Waals surface area (Å²) in [7, 11) is 1.67. The number of hydrogen-bond acceptors (Lipinski definition) is 2. The lowest BCUT2D eigenvalue weighted by atomic mass is 9.74. The molecule has 0 N–H and O–H groups in total. The monoisotopic (exact) mass is 284 g/mol. The highest BCUT2D eigenvalue weighted by atomic mass is 16.5. The maximum Gasteiger partial charge on any atom is 0.159 e. The van der Waals surface area contributed by atoms with Crippen molar-refractivity contribution in [2.75, 3.05) is 7.11 Å². The van der Waals surface area contributed by atoms with Crippen LogP contribution in [-0.2, 0) is 4.79 Å². The van der Waals surface area contributed by atoms with Gasteiger partial charge in [0.25, 0.3) is 0 Å². The van der Waals surface area contributed by atoms with E-state index in [1.54, 1.807) is 7.11 Å². The number of allylic oxidation sites excluding steroid dienone is 1. The highest BCUT2D eigenvalue weighted by molar-refractivity contribution is 6.00. The molecule has 0 saturated heterocycles. The summed E-state index contributed by atoms with van der Waals surface area (Å²) in [6, 6.07) is 8.01. The molecule has 2 heteroatoms. The van der Waals surface area contributed by atoms with Gasteiger partial charge < -0.3 is 4.74 Å². The number of ether oxygens (including phenoxy) is 1. The molecule has 3 rings (SSSR count). The molecule has 2 saturated carbocycles. The molecule has 0 heterocycles. The SMILES string of the molecule is COc1ccc(C=C2C(=O)CCCC2C2CCCC2)cc1.